The van der Waals surface area contributed by atoms with Crippen LogP contribution in [0.3, 0.4) is 0 Å². The van der Waals surface area contributed by atoms with Crippen LogP contribution in [0.1, 0.15) is 24.5 Å². The quantitative estimate of drug-likeness (QED) is 0.815. The number of hydrogen-bond acceptors (Lipinski definition) is 3. The van der Waals surface area contributed by atoms with Crippen LogP contribution in [0.25, 0.3) is 0 Å². The van der Waals surface area contributed by atoms with E-state index >= 15 is 0 Å². The second-order valence-corrected chi connectivity index (χ2v) is 5.34. The molecule has 0 aliphatic heterocycles. The Bertz CT molecular complexity index is 519. The molecule has 0 aliphatic rings. The van der Waals surface area contributed by atoms with Gasteiger partial charge in [0, 0.05) is 18.8 Å². The number of nitrogens with one attached hydrogen (secondary N) is 1. The molecule has 1 aromatic carbocycles. The highest BCUT2D eigenvalue weighted by atomic mass is 16.3. The summed E-state index contributed by atoms with van der Waals surface area (Å²) < 4.78 is 1.97. The Hall–Kier alpha value is -1.81. The molecular formula is C16H23N3O. The second-order valence-electron chi connectivity index (χ2n) is 5.34. The van der Waals surface area contributed by atoms with Crippen LogP contribution < -0.4 is 5.32 Å². The van der Waals surface area contributed by atoms with Gasteiger partial charge in [0.25, 0.3) is 0 Å². The van der Waals surface area contributed by atoms with E-state index in [1.54, 1.807) is 12.1 Å². The molecule has 0 spiro atoms. The molecule has 0 fully saturated rings. The number of benzene rings is 1. The lowest BCUT2D eigenvalue weighted by molar-refractivity contribution is 0.472. The second kappa shape index (κ2) is 7.10. The summed E-state index contributed by atoms with van der Waals surface area (Å²) >= 11 is 0. The first-order valence-corrected chi connectivity index (χ1v) is 7.14. The summed E-state index contributed by atoms with van der Waals surface area (Å²) in [5.41, 5.74) is 2.46. The van der Waals surface area contributed by atoms with Crippen LogP contribution in [0, 0.1) is 6.92 Å². The van der Waals surface area contributed by atoms with Gasteiger partial charge in [0.15, 0.2) is 0 Å². The average Bonchev–Trinajstić information content (AvgIpc) is 2.84. The molecule has 0 saturated carbocycles. The molecule has 1 unspecified atom stereocenters. The van der Waals surface area contributed by atoms with Crippen LogP contribution >= 0.6 is 0 Å². The number of rotatable bonds is 7. The Labute approximate surface area is 120 Å². The predicted octanol–water partition coefficient (Wildman–Crippen LogP) is 2.51. The maximum absolute atomic E-state index is 9.24. The van der Waals surface area contributed by atoms with Crippen molar-refractivity contribution in [2.45, 2.75) is 39.3 Å². The molecule has 108 valence electrons. The van der Waals surface area contributed by atoms with E-state index in [2.05, 4.69) is 30.5 Å². The fourth-order valence-electron chi connectivity index (χ4n) is 2.16. The molecule has 4 nitrogen and oxygen atoms in total. The third-order valence-corrected chi connectivity index (χ3v) is 3.40. The number of phenolic OH excluding ortho intramolecular Hbond substituents is 1. The summed E-state index contributed by atoms with van der Waals surface area (Å²) in [6.45, 7) is 6.08. The molecule has 1 heterocycles. The van der Waals surface area contributed by atoms with Crippen molar-refractivity contribution >= 4 is 0 Å². The minimum atomic E-state index is 0.328. The fourth-order valence-corrected chi connectivity index (χ4v) is 2.16. The summed E-state index contributed by atoms with van der Waals surface area (Å²) in [6, 6.07) is 7.92. The van der Waals surface area contributed by atoms with E-state index in [-0.39, 0.29) is 0 Å². The number of aromatic hydroxyl groups is 1. The van der Waals surface area contributed by atoms with Gasteiger partial charge >= 0.3 is 0 Å². The molecule has 0 bridgehead atoms. The zero-order chi connectivity index (χ0) is 14.4. The normalized spacial score (nSPS) is 12.5. The maximum Gasteiger partial charge on any atom is 0.115 e. The molecule has 0 amide bonds. The highest BCUT2D eigenvalue weighted by Gasteiger charge is 2.02. The highest BCUT2D eigenvalue weighted by molar-refractivity contribution is 5.25. The molecule has 2 rings (SSSR count). The minimum Gasteiger partial charge on any atom is -0.508 e. The van der Waals surface area contributed by atoms with Crippen LogP contribution in [-0.4, -0.2) is 27.5 Å². The Morgan fingerprint density at radius 2 is 2.05 bits per heavy atom. The summed E-state index contributed by atoms with van der Waals surface area (Å²) in [4.78, 5) is 0. The van der Waals surface area contributed by atoms with Gasteiger partial charge in [0.1, 0.15) is 5.75 Å². The van der Waals surface area contributed by atoms with Crippen molar-refractivity contribution in [3.8, 4) is 5.75 Å². The predicted molar refractivity (Wildman–Crippen MR) is 80.9 cm³/mol. The number of phenols is 1. The van der Waals surface area contributed by atoms with E-state index in [4.69, 9.17) is 0 Å². The Morgan fingerprint density at radius 3 is 2.70 bits per heavy atom. The van der Waals surface area contributed by atoms with Gasteiger partial charge in [-0.1, -0.05) is 12.1 Å². The van der Waals surface area contributed by atoms with E-state index in [9.17, 15) is 5.11 Å². The van der Waals surface area contributed by atoms with E-state index in [0.717, 1.165) is 25.9 Å². The summed E-state index contributed by atoms with van der Waals surface area (Å²) in [6.07, 6.45) is 6.05. The van der Waals surface area contributed by atoms with E-state index in [1.165, 1.54) is 11.1 Å². The van der Waals surface area contributed by atoms with E-state index < -0.39 is 0 Å². The van der Waals surface area contributed by atoms with Crippen LogP contribution in [0.2, 0.25) is 0 Å². The highest BCUT2D eigenvalue weighted by Crippen LogP contribution is 2.11. The van der Waals surface area contributed by atoms with Crippen molar-refractivity contribution in [1.82, 2.24) is 15.1 Å². The van der Waals surface area contributed by atoms with Gasteiger partial charge in [0.05, 0.1) is 12.7 Å². The third kappa shape index (κ3) is 4.70. The Kier molecular flexibility index (Phi) is 5.18. The molecule has 0 aliphatic carbocycles. The molecule has 4 heteroatoms. The van der Waals surface area contributed by atoms with Gasteiger partial charge in [-0.15, -0.1) is 0 Å². The van der Waals surface area contributed by atoms with Gasteiger partial charge in [0.2, 0.25) is 0 Å². The molecule has 0 radical (unpaired) electrons. The van der Waals surface area contributed by atoms with Gasteiger partial charge in [-0.3, -0.25) is 4.68 Å². The van der Waals surface area contributed by atoms with Crippen molar-refractivity contribution in [2.75, 3.05) is 6.54 Å². The van der Waals surface area contributed by atoms with Crippen LogP contribution in [0.15, 0.2) is 36.7 Å². The standard InChI is InChI=1S/C16H23N3O/c1-13-11-18-19(12-13)10-9-17-14(2)3-4-15-5-7-16(20)8-6-15/h5-8,11-12,14,17,20H,3-4,9-10H2,1-2H3. The zero-order valence-electron chi connectivity index (χ0n) is 12.2. The van der Waals surface area contributed by atoms with Crippen molar-refractivity contribution in [2.24, 2.45) is 0 Å². The first-order valence-electron chi connectivity index (χ1n) is 7.14. The summed E-state index contributed by atoms with van der Waals surface area (Å²) in [5.74, 6) is 0.328. The van der Waals surface area contributed by atoms with Gasteiger partial charge in [-0.2, -0.15) is 5.10 Å². The molecule has 1 aromatic heterocycles. The molecule has 2 N–H and O–H groups in total. The first-order chi connectivity index (χ1) is 9.63. The molecule has 2 aromatic rings. The molecular weight excluding hydrogens is 250 g/mol. The minimum absolute atomic E-state index is 0.328. The SMILES string of the molecule is Cc1cnn(CCNC(C)CCc2ccc(O)cc2)c1. The topological polar surface area (TPSA) is 50.1 Å². The average molecular weight is 273 g/mol. The Morgan fingerprint density at radius 1 is 1.30 bits per heavy atom. The maximum atomic E-state index is 9.24. The monoisotopic (exact) mass is 273 g/mol. The molecule has 1 atom stereocenters. The number of aryl methyl sites for hydroxylation is 2. The number of aromatic nitrogens is 2. The van der Waals surface area contributed by atoms with Crippen molar-refractivity contribution in [3.63, 3.8) is 0 Å². The van der Waals surface area contributed by atoms with Crippen molar-refractivity contribution in [3.05, 3.63) is 47.8 Å². The van der Waals surface area contributed by atoms with Gasteiger partial charge in [-0.05, 0) is 49.9 Å². The Balaban J connectivity index is 1.65. The summed E-state index contributed by atoms with van der Waals surface area (Å²) in [7, 11) is 0. The van der Waals surface area contributed by atoms with Crippen molar-refractivity contribution in [1.29, 1.82) is 0 Å². The molecule has 20 heavy (non-hydrogen) atoms. The van der Waals surface area contributed by atoms with Gasteiger partial charge < -0.3 is 10.4 Å². The van der Waals surface area contributed by atoms with Crippen LogP contribution in [0.4, 0.5) is 0 Å². The summed E-state index contributed by atoms with van der Waals surface area (Å²) in [5, 5.41) is 17.0. The van der Waals surface area contributed by atoms with E-state index in [1.807, 2.05) is 23.0 Å². The van der Waals surface area contributed by atoms with Crippen LogP contribution in [0.5, 0.6) is 5.75 Å². The fraction of sp³-hybridized carbons (Fsp3) is 0.438. The lowest BCUT2D eigenvalue weighted by Crippen LogP contribution is -2.29. The lowest BCUT2D eigenvalue weighted by atomic mass is 10.1. The van der Waals surface area contributed by atoms with Crippen molar-refractivity contribution < 1.29 is 5.11 Å². The first kappa shape index (κ1) is 14.6. The van der Waals surface area contributed by atoms with Crippen LogP contribution in [-0.2, 0) is 13.0 Å². The smallest absolute Gasteiger partial charge is 0.115 e. The zero-order valence-corrected chi connectivity index (χ0v) is 12.2. The number of hydrogen-bond donors (Lipinski definition) is 2. The van der Waals surface area contributed by atoms with Gasteiger partial charge in [-0.25, -0.2) is 0 Å². The lowest BCUT2D eigenvalue weighted by Gasteiger charge is -2.13. The third-order valence-electron chi connectivity index (χ3n) is 3.40. The largest absolute Gasteiger partial charge is 0.508 e. The molecule has 0 saturated heterocycles. The van der Waals surface area contributed by atoms with E-state index in [0.29, 0.717) is 11.8 Å². The number of nitrogens with zero attached hydrogens (tertiary/aromatic N) is 2.